The number of hydrogen-bond acceptors (Lipinski definition) is 3. The van der Waals surface area contributed by atoms with Crippen molar-refractivity contribution in [2.24, 2.45) is 5.73 Å². The van der Waals surface area contributed by atoms with Crippen LogP contribution in [-0.2, 0) is 10.5 Å². The van der Waals surface area contributed by atoms with Gasteiger partial charge in [0.1, 0.15) is 11.9 Å². The van der Waals surface area contributed by atoms with E-state index in [1.54, 1.807) is 6.07 Å². The molecular formula is C11H13ClFNO2S. The van der Waals surface area contributed by atoms with Crippen LogP contribution in [0.15, 0.2) is 18.2 Å². The maximum absolute atomic E-state index is 12.8. The summed E-state index contributed by atoms with van der Waals surface area (Å²) >= 11 is 7.37. The lowest BCUT2D eigenvalue weighted by molar-refractivity contribution is -0.138. The third-order valence-electron chi connectivity index (χ3n) is 2.16. The van der Waals surface area contributed by atoms with Crippen molar-refractivity contribution in [3.8, 4) is 0 Å². The summed E-state index contributed by atoms with van der Waals surface area (Å²) in [6, 6.07) is 3.42. The molecule has 17 heavy (non-hydrogen) atoms. The third kappa shape index (κ3) is 4.93. The molecule has 1 aromatic carbocycles. The van der Waals surface area contributed by atoms with Crippen LogP contribution in [0.4, 0.5) is 4.39 Å². The molecule has 0 bridgehead atoms. The molecule has 0 amide bonds. The Morgan fingerprint density at radius 2 is 2.29 bits per heavy atom. The molecule has 94 valence electrons. The van der Waals surface area contributed by atoms with Gasteiger partial charge < -0.3 is 10.8 Å². The van der Waals surface area contributed by atoms with Crippen molar-refractivity contribution in [2.45, 2.75) is 18.2 Å². The standard InChI is InChI=1S/C11H13ClFNO2S/c12-9-5-8(13)2-1-7(9)6-17-4-3-10(14)11(15)16/h1-2,5,10H,3-4,6,14H2,(H,15,16). The minimum atomic E-state index is -0.995. The number of carboxylic acid groups (broad SMARTS) is 1. The SMILES string of the molecule is NC(CCSCc1ccc(F)cc1Cl)C(=O)O. The van der Waals surface area contributed by atoms with E-state index in [4.69, 9.17) is 22.4 Å². The molecule has 1 unspecified atom stereocenters. The molecule has 1 atom stereocenters. The number of carboxylic acids is 1. The van der Waals surface area contributed by atoms with Crippen molar-refractivity contribution >= 4 is 29.3 Å². The molecule has 1 aromatic rings. The van der Waals surface area contributed by atoms with Crippen LogP contribution in [0.5, 0.6) is 0 Å². The van der Waals surface area contributed by atoms with Gasteiger partial charge in [-0.1, -0.05) is 17.7 Å². The minimum Gasteiger partial charge on any atom is -0.480 e. The first-order valence-corrected chi connectivity index (χ1v) is 6.54. The molecule has 0 fully saturated rings. The Kier molecular flexibility index (Phi) is 5.74. The monoisotopic (exact) mass is 277 g/mol. The van der Waals surface area contributed by atoms with Gasteiger partial charge in [0.05, 0.1) is 0 Å². The molecule has 0 saturated heterocycles. The van der Waals surface area contributed by atoms with E-state index in [1.165, 1.54) is 23.9 Å². The van der Waals surface area contributed by atoms with Crippen molar-refractivity contribution in [3.05, 3.63) is 34.6 Å². The zero-order valence-corrected chi connectivity index (χ0v) is 10.6. The molecule has 3 nitrogen and oxygen atoms in total. The van der Waals surface area contributed by atoms with Gasteiger partial charge in [0.2, 0.25) is 0 Å². The van der Waals surface area contributed by atoms with E-state index in [0.717, 1.165) is 5.56 Å². The van der Waals surface area contributed by atoms with Gasteiger partial charge in [-0.15, -0.1) is 0 Å². The molecular weight excluding hydrogens is 265 g/mol. The topological polar surface area (TPSA) is 63.3 Å². The lowest BCUT2D eigenvalue weighted by atomic mass is 10.2. The Hall–Kier alpha value is -0.780. The average molecular weight is 278 g/mol. The van der Waals surface area contributed by atoms with Gasteiger partial charge >= 0.3 is 5.97 Å². The van der Waals surface area contributed by atoms with Crippen LogP contribution in [0.2, 0.25) is 5.02 Å². The van der Waals surface area contributed by atoms with Crippen molar-refractivity contribution in [1.82, 2.24) is 0 Å². The molecule has 0 saturated carbocycles. The largest absolute Gasteiger partial charge is 0.480 e. The summed E-state index contributed by atoms with van der Waals surface area (Å²) < 4.78 is 12.8. The molecule has 0 aliphatic heterocycles. The number of aliphatic carboxylic acids is 1. The van der Waals surface area contributed by atoms with E-state index < -0.39 is 12.0 Å². The van der Waals surface area contributed by atoms with Crippen molar-refractivity contribution < 1.29 is 14.3 Å². The molecule has 3 N–H and O–H groups in total. The summed E-state index contributed by atoms with van der Waals surface area (Å²) in [5.41, 5.74) is 6.19. The van der Waals surface area contributed by atoms with Gasteiger partial charge in [-0.25, -0.2) is 4.39 Å². The number of benzene rings is 1. The molecule has 0 spiro atoms. The summed E-state index contributed by atoms with van der Waals surface area (Å²) in [5, 5.41) is 8.96. The summed E-state index contributed by atoms with van der Waals surface area (Å²) in [6.07, 6.45) is 0.402. The van der Waals surface area contributed by atoms with Gasteiger partial charge in [0, 0.05) is 10.8 Å². The number of halogens is 2. The molecule has 0 aliphatic carbocycles. The maximum atomic E-state index is 12.8. The number of thioether (sulfide) groups is 1. The zero-order chi connectivity index (χ0) is 12.8. The van der Waals surface area contributed by atoms with Crippen LogP contribution in [0.1, 0.15) is 12.0 Å². The summed E-state index contributed by atoms with van der Waals surface area (Å²) in [6.45, 7) is 0. The highest BCUT2D eigenvalue weighted by Gasteiger charge is 2.10. The van der Waals surface area contributed by atoms with Crippen LogP contribution in [0, 0.1) is 5.82 Å². The minimum absolute atomic E-state index is 0.364. The first kappa shape index (κ1) is 14.3. The van der Waals surface area contributed by atoms with E-state index >= 15 is 0 Å². The molecule has 1 rings (SSSR count). The summed E-state index contributed by atoms with van der Waals surface area (Å²) in [7, 11) is 0. The van der Waals surface area contributed by atoms with Gasteiger partial charge in [0.25, 0.3) is 0 Å². The molecule has 0 aromatic heterocycles. The lowest BCUT2D eigenvalue weighted by Crippen LogP contribution is -2.30. The molecule has 0 aliphatic rings. The van der Waals surface area contributed by atoms with Gasteiger partial charge in [-0.3, -0.25) is 4.79 Å². The fourth-order valence-corrected chi connectivity index (χ4v) is 2.50. The quantitative estimate of drug-likeness (QED) is 0.784. The zero-order valence-electron chi connectivity index (χ0n) is 9.03. The van der Waals surface area contributed by atoms with Crippen LogP contribution in [-0.4, -0.2) is 22.9 Å². The van der Waals surface area contributed by atoms with Crippen LogP contribution in [0.25, 0.3) is 0 Å². The highest BCUT2D eigenvalue weighted by molar-refractivity contribution is 7.98. The average Bonchev–Trinajstić information content (AvgIpc) is 2.26. The second kappa shape index (κ2) is 6.83. The van der Waals surface area contributed by atoms with E-state index in [9.17, 15) is 9.18 Å². The predicted octanol–water partition coefficient (Wildman–Crippen LogP) is 2.51. The van der Waals surface area contributed by atoms with Gasteiger partial charge in [0.15, 0.2) is 0 Å². The fourth-order valence-electron chi connectivity index (χ4n) is 1.15. The number of nitrogens with two attached hydrogens (primary N) is 1. The Morgan fingerprint density at radius 3 is 2.88 bits per heavy atom. The Labute approximate surface area is 108 Å². The molecule has 0 heterocycles. The Bertz CT molecular complexity index is 403. The third-order valence-corrected chi connectivity index (χ3v) is 3.55. The van der Waals surface area contributed by atoms with E-state index in [2.05, 4.69) is 0 Å². The Balaban J connectivity index is 2.34. The fraction of sp³-hybridized carbons (Fsp3) is 0.364. The lowest BCUT2D eigenvalue weighted by Gasteiger charge is -2.07. The smallest absolute Gasteiger partial charge is 0.320 e. The van der Waals surface area contributed by atoms with E-state index in [-0.39, 0.29) is 5.82 Å². The first-order valence-electron chi connectivity index (χ1n) is 5.00. The normalized spacial score (nSPS) is 12.4. The highest BCUT2D eigenvalue weighted by Crippen LogP contribution is 2.22. The second-order valence-corrected chi connectivity index (χ2v) is 5.03. The van der Waals surface area contributed by atoms with Crippen molar-refractivity contribution in [3.63, 3.8) is 0 Å². The number of rotatable bonds is 6. The van der Waals surface area contributed by atoms with Crippen LogP contribution < -0.4 is 5.73 Å². The Morgan fingerprint density at radius 1 is 1.59 bits per heavy atom. The predicted molar refractivity (Wildman–Crippen MR) is 67.8 cm³/mol. The molecule has 0 radical (unpaired) electrons. The van der Waals surface area contributed by atoms with Gasteiger partial charge in [-0.2, -0.15) is 11.8 Å². The maximum Gasteiger partial charge on any atom is 0.320 e. The first-order chi connectivity index (χ1) is 8.00. The van der Waals surface area contributed by atoms with Crippen LogP contribution in [0.3, 0.4) is 0 Å². The number of hydrogen-bond donors (Lipinski definition) is 2. The van der Waals surface area contributed by atoms with Crippen LogP contribution >= 0.6 is 23.4 Å². The van der Waals surface area contributed by atoms with E-state index in [1.807, 2.05) is 0 Å². The summed E-state index contributed by atoms with van der Waals surface area (Å²) in [5.74, 6) is -0.117. The van der Waals surface area contributed by atoms with E-state index in [0.29, 0.717) is 22.9 Å². The van der Waals surface area contributed by atoms with Crippen molar-refractivity contribution in [1.29, 1.82) is 0 Å². The highest BCUT2D eigenvalue weighted by atomic mass is 35.5. The second-order valence-electron chi connectivity index (χ2n) is 3.52. The summed E-state index contributed by atoms with van der Waals surface area (Å²) in [4.78, 5) is 10.5. The van der Waals surface area contributed by atoms with Gasteiger partial charge in [-0.05, 0) is 29.9 Å². The molecule has 6 heteroatoms. The van der Waals surface area contributed by atoms with Crippen molar-refractivity contribution in [2.75, 3.05) is 5.75 Å². The number of carbonyl (C=O) groups is 1.